The van der Waals surface area contributed by atoms with Gasteiger partial charge in [0, 0.05) is 11.1 Å². The van der Waals surface area contributed by atoms with Crippen LogP contribution in [0.25, 0.3) is 0 Å². The molecule has 2 N–H and O–H groups in total. The van der Waals surface area contributed by atoms with Crippen molar-refractivity contribution in [3.05, 3.63) is 47.6 Å². The van der Waals surface area contributed by atoms with Crippen LogP contribution >= 0.6 is 0 Å². The van der Waals surface area contributed by atoms with Crippen molar-refractivity contribution >= 4 is 11.9 Å². The maximum atomic E-state index is 12.2. The molecule has 6 nitrogen and oxygen atoms in total. The molecule has 5 atom stereocenters. The summed E-state index contributed by atoms with van der Waals surface area (Å²) in [6, 6.07) is 0. The lowest BCUT2D eigenvalue weighted by molar-refractivity contribution is -0.153. The van der Waals surface area contributed by atoms with Gasteiger partial charge in [-0.05, 0) is 38.8 Å². The molecule has 1 fully saturated rings. The Balaban J connectivity index is 2.45. The van der Waals surface area contributed by atoms with E-state index >= 15 is 0 Å². The topological polar surface area (TPSA) is 93.1 Å². The summed E-state index contributed by atoms with van der Waals surface area (Å²) in [6.45, 7) is 8.74. The maximum Gasteiger partial charge on any atom is 0.334 e. The second kappa shape index (κ2) is 7.80. The summed E-state index contributed by atoms with van der Waals surface area (Å²) in [5.74, 6) is -1.92. The van der Waals surface area contributed by atoms with Crippen molar-refractivity contribution in [2.75, 3.05) is 0 Å². The van der Waals surface area contributed by atoms with Gasteiger partial charge in [0.05, 0.1) is 12.0 Å². The third-order valence-electron chi connectivity index (χ3n) is 4.60. The van der Waals surface area contributed by atoms with Crippen molar-refractivity contribution in [2.45, 2.75) is 51.6 Å². The highest BCUT2D eigenvalue weighted by Crippen LogP contribution is 2.35. The van der Waals surface area contributed by atoms with Gasteiger partial charge < -0.3 is 19.7 Å². The summed E-state index contributed by atoms with van der Waals surface area (Å²) >= 11 is 0. The minimum absolute atomic E-state index is 0.132. The maximum absolute atomic E-state index is 12.2. The molecular formula is C19H24O6. The quantitative estimate of drug-likeness (QED) is 0.447. The normalized spacial score (nSPS) is 33.4. The minimum atomic E-state index is -1.15. The molecule has 0 amide bonds. The molecule has 1 aliphatic heterocycles. The number of hydrogen-bond acceptors (Lipinski definition) is 6. The highest BCUT2D eigenvalue weighted by Gasteiger charge is 2.47. The fourth-order valence-corrected chi connectivity index (χ4v) is 2.82. The van der Waals surface area contributed by atoms with Crippen LogP contribution in [0.4, 0.5) is 0 Å². The van der Waals surface area contributed by atoms with Crippen molar-refractivity contribution in [3.63, 3.8) is 0 Å². The van der Waals surface area contributed by atoms with E-state index in [9.17, 15) is 19.8 Å². The fraction of sp³-hybridized carbons (Fsp3) is 0.474. The molecule has 0 aromatic carbocycles. The van der Waals surface area contributed by atoms with Gasteiger partial charge in [0.25, 0.3) is 0 Å². The minimum Gasteiger partial charge on any atom is -0.455 e. The predicted octanol–water partition coefficient (Wildman–Crippen LogP) is 1.59. The number of aliphatic hydroxyl groups is 2. The highest BCUT2D eigenvalue weighted by molar-refractivity contribution is 5.92. The molecule has 0 unspecified atom stereocenters. The zero-order valence-corrected chi connectivity index (χ0v) is 14.6. The summed E-state index contributed by atoms with van der Waals surface area (Å²) < 4.78 is 10.8. The summed E-state index contributed by atoms with van der Waals surface area (Å²) in [5.41, 5.74) is 1.06. The van der Waals surface area contributed by atoms with Gasteiger partial charge in [-0.3, -0.25) is 0 Å². The molecule has 1 saturated heterocycles. The first-order valence-electron chi connectivity index (χ1n) is 8.21. The molecule has 2 rings (SSSR count). The Labute approximate surface area is 147 Å². The van der Waals surface area contributed by atoms with Crippen LogP contribution in [0.5, 0.6) is 0 Å². The number of carbonyl (C=O) groups excluding carboxylic acids is 2. The number of fused-ring (bicyclic) bond motifs is 1. The Bertz CT molecular complexity index is 657. The summed E-state index contributed by atoms with van der Waals surface area (Å²) in [5, 5.41) is 20.7. The van der Waals surface area contributed by atoms with E-state index in [4.69, 9.17) is 9.47 Å². The Kier molecular flexibility index (Phi) is 5.98. The van der Waals surface area contributed by atoms with E-state index in [1.165, 1.54) is 6.08 Å². The van der Waals surface area contributed by atoms with Gasteiger partial charge >= 0.3 is 11.9 Å². The Morgan fingerprint density at radius 2 is 2.08 bits per heavy atom. The van der Waals surface area contributed by atoms with Gasteiger partial charge in [-0.25, -0.2) is 9.59 Å². The third kappa shape index (κ3) is 4.08. The molecule has 0 aromatic rings. The van der Waals surface area contributed by atoms with Crippen molar-refractivity contribution in [1.29, 1.82) is 0 Å². The predicted molar refractivity (Wildman–Crippen MR) is 91.3 cm³/mol. The van der Waals surface area contributed by atoms with E-state index in [0.717, 1.165) is 0 Å². The molecule has 0 aromatic heterocycles. The van der Waals surface area contributed by atoms with Crippen LogP contribution in [0.3, 0.4) is 0 Å². The smallest absolute Gasteiger partial charge is 0.334 e. The number of hydrogen-bond donors (Lipinski definition) is 2. The van der Waals surface area contributed by atoms with Crippen LogP contribution in [0.2, 0.25) is 0 Å². The first-order chi connectivity index (χ1) is 11.8. The Morgan fingerprint density at radius 1 is 1.40 bits per heavy atom. The van der Waals surface area contributed by atoms with Gasteiger partial charge in [-0.15, -0.1) is 0 Å². The SMILES string of the molecule is C=C1C(=O)O[C@@H]2C=C[C@H](O)CC=C(C)[C@H](O)[C@@H](OC(=O)C(C)=CC)[C@@H]12. The van der Waals surface area contributed by atoms with E-state index in [1.807, 2.05) is 0 Å². The first kappa shape index (κ1) is 19.1. The number of rotatable bonds is 2. The molecule has 25 heavy (non-hydrogen) atoms. The molecule has 0 bridgehead atoms. The van der Waals surface area contributed by atoms with Gasteiger partial charge in [0.15, 0.2) is 0 Å². The second-order valence-corrected chi connectivity index (χ2v) is 6.34. The zero-order chi connectivity index (χ0) is 18.7. The molecule has 1 heterocycles. The van der Waals surface area contributed by atoms with Crippen LogP contribution in [-0.4, -0.2) is 46.6 Å². The summed E-state index contributed by atoms with van der Waals surface area (Å²) in [7, 11) is 0. The van der Waals surface area contributed by atoms with Gasteiger partial charge in [-0.1, -0.05) is 24.8 Å². The molecule has 1 aliphatic carbocycles. The fourth-order valence-electron chi connectivity index (χ4n) is 2.82. The lowest BCUT2D eigenvalue weighted by atomic mass is 9.84. The second-order valence-electron chi connectivity index (χ2n) is 6.34. The van der Waals surface area contributed by atoms with Crippen LogP contribution in [-0.2, 0) is 19.1 Å². The number of carbonyl (C=O) groups is 2. The standard InChI is InChI=1S/C19H24O6/c1-5-10(2)18(22)25-17-15-12(4)19(23)24-14(15)9-8-13(20)7-6-11(3)16(17)21/h5-6,8-9,13-17,20-21H,4,7H2,1-3H3/t13-,14-,15+,16+,17+/m1/s1. The molecule has 2 aliphatic rings. The molecule has 0 spiro atoms. The van der Waals surface area contributed by atoms with E-state index in [2.05, 4.69) is 6.58 Å². The average Bonchev–Trinajstić information content (AvgIpc) is 2.87. The highest BCUT2D eigenvalue weighted by atomic mass is 16.6. The van der Waals surface area contributed by atoms with E-state index in [-0.39, 0.29) is 5.57 Å². The van der Waals surface area contributed by atoms with Crippen molar-refractivity contribution in [1.82, 2.24) is 0 Å². The first-order valence-corrected chi connectivity index (χ1v) is 8.21. The van der Waals surface area contributed by atoms with Gasteiger partial charge in [0.1, 0.15) is 18.3 Å². The summed E-state index contributed by atoms with van der Waals surface area (Å²) in [4.78, 5) is 24.2. The molecule has 0 radical (unpaired) electrons. The largest absolute Gasteiger partial charge is 0.455 e. The van der Waals surface area contributed by atoms with Gasteiger partial charge in [-0.2, -0.15) is 0 Å². The van der Waals surface area contributed by atoms with Crippen molar-refractivity contribution in [3.8, 4) is 0 Å². The van der Waals surface area contributed by atoms with Crippen molar-refractivity contribution in [2.24, 2.45) is 5.92 Å². The average molecular weight is 348 g/mol. The molecule has 6 heteroatoms. The lowest BCUT2D eigenvalue weighted by Gasteiger charge is -2.31. The van der Waals surface area contributed by atoms with Crippen LogP contribution in [0.15, 0.2) is 47.6 Å². The van der Waals surface area contributed by atoms with Gasteiger partial charge in [0.2, 0.25) is 0 Å². The summed E-state index contributed by atoms with van der Waals surface area (Å²) in [6.07, 6.45) is 2.96. The number of esters is 2. The Hall–Kier alpha value is -2.18. The lowest BCUT2D eigenvalue weighted by Crippen LogP contribution is -2.42. The van der Waals surface area contributed by atoms with E-state index in [1.54, 1.807) is 39.0 Å². The van der Waals surface area contributed by atoms with Crippen molar-refractivity contribution < 1.29 is 29.3 Å². The van der Waals surface area contributed by atoms with Crippen LogP contribution in [0, 0.1) is 5.92 Å². The zero-order valence-electron chi connectivity index (χ0n) is 14.6. The van der Waals surface area contributed by atoms with Crippen LogP contribution in [0.1, 0.15) is 27.2 Å². The van der Waals surface area contributed by atoms with E-state index < -0.39 is 42.3 Å². The third-order valence-corrected chi connectivity index (χ3v) is 4.60. The molecule has 136 valence electrons. The van der Waals surface area contributed by atoms with E-state index in [0.29, 0.717) is 17.6 Å². The number of allylic oxidation sites excluding steroid dienone is 1. The number of aliphatic hydroxyl groups excluding tert-OH is 2. The Morgan fingerprint density at radius 3 is 2.72 bits per heavy atom. The molecule has 0 saturated carbocycles. The monoisotopic (exact) mass is 348 g/mol. The van der Waals surface area contributed by atoms with Crippen LogP contribution < -0.4 is 0 Å². The molecular weight excluding hydrogens is 324 g/mol. The number of ether oxygens (including phenoxy) is 2.